The molecule has 148 valence electrons. The highest BCUT2D eigenvalue weighted by atomic mass is 32.1. The molecule has 2 amide bonds. The molecule has 2 aromatic rings. The van der Waals surface area contributed by atoms with E-state index in [0.717, 1.165) is 30.6 Å². The van der Waals surface area contributed by atoms with E-state index in [4.69, 9.17) is 12.2 Å². The van der Waals surface area contributed by atoms with Crippen molar-refractivity contribution in [3.8, 4) is 0 Å². The fraction of sp³-hybridized carbons (Fsp3) is 0.318. The smallest absolute Gasteiger partial charge is 0.258 e. The van der Waals surface area contributed by atoms with Gasteiger partial charge in [-0.25, -0.2) is 0 Å². The van der Waals surface area contributed by atoms with E-state index in [1.54, 1.807) is 29.2 Å². The zero-order valence-corrected chi connectivity index (χ0v) is 17.2. The van der Waals surface area contributed by atoms with Gasteiger partial charge in [0.1, 0.15) is 0 Å². The zero-order chi connectivity index (χ0) is 20.4. The average molecular weight is 398 g/mol. The van der Waals surface area contributed by atoms with Gasteiger partial charge >= 0.3 is 0 Å². The first-order valence-electron chi connectivity index (χ1n) is 9.63. The average Bonchev–Trinajstić information content (AvgIpc) is 2.70. The van der Waals surface area contributed by atoms with Crippen LogP contribution in [-0.4, -0.2) is 23.5 Å². The molecule has 0 radical (unpaired) electrons. The van der Waals surface area contributed by atoms with Gasteiger partial charge in [0.25, 0.3) is 5.91 Å². The molecule has 0 saturated carbocycles. The van der Waals surface area contributed by atoms with Gasteiger partial charge in [-0.05, 0) is 62.0 Å². The minimum Gasteiger partial charge on any atom is -0.332 e. The number of anilines is 2. The summed E-state index contributed by atoms with van der Waals surface area (Å²) in [5.41, 5.74) is 2.17. The van der Waals surface area contributed by atoms with Crippen LogP contribution in [0.15, 0.2) is 54.6 Å². The van der Waals surface area contributed by atoms with Crippen molar-refractivity contribution in [2.45, 2.75) is 39.5 Å². The molecule has 0 aliphatic heterocycles. The normalized spacial score (nSPS) is 10.2. The Morgan fingerprint density at radius 2 is 1.64 bits per heavy atom. The summed E-state index contributed by atoms with van der Waals surface area (Å²) in [6.45, 7) is 4.62. The Labute approximate surface area is 172 Å². The van der Waals surface area contributed by atoms with Crippen LogP contribution in [0.3, 0.4) is 0 Å². The number of thiocarbonyl (C=S) groups is 1. The lowest BCUT2D eigenvalue weighted by molar-refractivity contribution is -0.119. The molecule has 0 saturated heterocycles. The first-order valence-corrected chi connectivity index (χ1v) is 10.0. The molecule has 0 unspecified atom stereocenters. The van der Waals surface area contributed by atoms with Crippen molar-refractivity contribution < 1.29 is 9.59 Å². The number of hydrogen-bond acceptors (Lipinski definition) is 3. The number of nitrogens with one attached hydrogen (secondary N) is 2. The number of rotatable bonds is 8. The molecule has 0 aliphatic carbocycles. The summed E-state index contributed by atoms with van der Waals surface area (Å²) in [5, 5.41) is 5.92. The molecule has 0 heterocycles. The number of para-hydroxylation sites is 1. The maximum atomic E-state index is 12.8. The van der Waals surface area contributed by atoms with E-state index >= 15 is 0 Å². The van der Waals surface area contributed by atoms with E-state index < -0.39 is 0 Å². The van der Waals surface area contributed by atoms with Crippen molar-refractivity contribution in [3.63, 3.8) is 0 Å². The third-order valence-electron chi connectivity index (χ3n) is 4.28. The molecule has 0 fully saturated rings. The molecule has 28 heavy (non-hydrogen) atoms. The Hall–Kier alpha value is -2.73. The number of unbranched alkanes of at least 4 members (excludes halogenated alkanes) is 2. The molecule has 0 spiro atoms. The van der Waals surface area contributed by atoms with Crippen LogP contribution >= 0.6 is 12.2 Å². The summed E-state index contributed by atoms with van der Waals surface area (Å²) in [6.07, 6.45) is 3.42. The fourth-order valence-electron chi connectivity index (χ4n) is 2.79. The second-order valence-electron chi connectivity index (χ2n) is 6.42. The van der Waals surface area contributed by atoms with Gasteiger partial charge < -0.3 is 15.5 Å². The van der Waals surface area contributed by atoms with E-state index in [1.807, 2.05) is 37.3 Å². The van der Waals surface area contributed by atoms with Crippen molar-refractivity contribution in [1.29, 1.82) is 0 Å². The van der Waals surface area contributed by atoms with Gasteiger partial charge in [-0.1, -0.05) is 38.0 Å². The highest BCUT2D eigenvalue weighted by Gasteiger charge is 2.15. The van der Waals surface area contributed by atoms with Crippen LogP contribution in [0.2, 0.25) is 0 Å². The second-order valence-corrected chi connectivity index (χ2v) is 6.83. The largest absolute Gasteiger partial charge is 0.332 e. The minimum atomic E-state index is -0.0841. The summed E-state index contributed by atoms with van der Waals surface area (Å²) in [7, 11) is 0. The fourth-order valence-corrected chi connectivity index (χ4v) is 3.02. The highest BCUT2D eigenvalue weighted by molar-refractivity contribution is 7.80. The molecule has 2 N–H and O–H groups in total. The van der Waals surface area contributed by atoms with Gasteiger partial charge in [-0.15, -0.1) is 0 Å². The molecular weight excluding hydrogens is 370 g/mol. The molecule has 0 aromatic heterocycles. The second kappa shape index (κ2) is 11.2. The molecule has 0 aliphatic rings. The summed E-state index contributed by atoms with van der Waals surface area (Å²) >= 11 is 5.18. The summed E-state index contributed by atoms with van der Waals surface area (Å²) in [4.78, 5) is 26.3. The van der Waals surface area contributed by atoms with Crippen LogP contribution < -0.4 is 15.5 Å². The third-order valence-corrected chi connectivity index (χ3v) is 4.48. The molecule has 5 nitrogen and oxygen atoms in total. The van der Waals surface area contributed by atoms with Crippen molar-refractivity contribution in [3.05, 3.63) is 60.2 Å². The van der Waals surface area contributed by atoms with E-state index in [-0.39, 0.29) is 16.9 Å². The van der Waals surface area contributed by atoms with Gasteiger partial charge in [-0.3, -0.25) is 9.59 Å². The molecule has 0 atom stereocenters. The van der Waals surface area contributed by atoms with Gasteiger partial charge in [0.15, 0.2) is 5.11 Å². The standard InChI is InChI=1S/C22H27N3O2S/c1-3-5-7-12-20(26)24-22(28)23-18-15-13-17(14-16-18)21(27)25(4-2)19-10-8-6-9-11-19/h6,8-11,13-16H,3-5,7,12H2,1-2H3,(H2,23,24,26,28). The predicted octanol–water partition coefficient (Wildman–Crippen LogP) is 4.75. The number of amides is 2. The van der Waals surface area contributed by atoms with Crippen molar-refractivity contribution in [2.24, 2.45) is 0 Å². The van der Waals surface area contributed by atoms with Crippen molar-refractivity contribution in [2.75, 3.05) is 16.8 Å². The summed E-state index contributed by atoms with van der Waals surface area (Å²) < 4.78 is 0. The van der Waals surface area contributed by atoms with E-state index in [9.17, 15) is 9.59 Å². The molecule has 6 heteroatoms. The zero-order valence-electron chi connectivity index (χ0n) is 16.4. The topological polar surface area (TPSA) is 61.4 Å². The molecule has 0 bridgehead atoms. The number of hydrogen-bond donors (Lipinski definition) is 2. The highest BCUT2D eigenvalue weighted by Crippen LogP contribution is 2.18. The summed E-state index contributed by atoms with van der Waals surface area (Å²) in [5.74, 6) is -0.147. The Morgan fingerprint density at radius 3 is 2.25 bits per heavy atom. The van der Waals surface area contributed by atoms with Crippen LogP contribution in [0.4, 0.5) is 11.4 Å². The Bertz CT molecular complexity index is 791. The first-order chi connectivity index (χ1) is 13.5. The van der Waals surface area contributed by atoms with Crippen LogP contribution in [0.1, 0.15) is 49.9 Å². The van der Waals surface area contributed by atoms with E-state index in [1.165, 1.54) is 0 Å². The first kappa shape index (κ1) is 21.6. The van der Waals surface area contributed by atoms with Gasteiger partial charge in [-0.2, -0.15) is 0 Å². The Morgan fingerprint density at radius 1 is 0.964 bits per heavy atom. The van der Waals surface area contributed by atoms with Crippen molar-refractivity contribution >= 4 is 40.5 Å². The Kier molecular flexibility index (Phi) is 8.62. The number of carbonyl (C=O) groups excluding carboxylic acids is 2. The van der Waals surface area contributed by atoms with Crippen LogP contribution in [0, 0.1) is 0 Å². The maximum absolute atomic E-state index is 12.8. The minimum absolute atomic E-state index is 0.0629. The third kappa shape index (κ3) is 6.46. The van der Waals surface area contributed by atoms with Crippen LogP contribution in [0.25, 0.3) is 0 Å². The lowest BCUT2D eigenvalue weighted by atomic mass is 10.1. The van der Waals surface area contributed by atoms with Crippen LogP contribution in [0.5, 0.6) is 0 Å². The van der Waals surface area contributed by atoms with Gasteiger partial charge in [0.2, 0.25) is 5.91 Å². The van der Waals surface area contributed by atoms with Crippen molar-refractivity contribution in [1.82, 2.24) is 5.32 Å². The lowest BCUT2D eigenvalue weighted by Gasteiger charge is -2.21. The number of nitrogens with zero attached hydrogens (tertiary/aromatic N) is 1. The quantitative estimate of drug-likeness (QED) is 0.499. The Balaban J connectivity index is 1.94. The van der Waals surface area contributed by atoms with E-state index in [2.05, 4.69) is 17.6 Å². The lowest BCUT2D eigenvalue weighted by Crippen LogP contribution is -2.34. The number of benzene rings is 2. The van der Waals surface area contributed by atoms with E-state index in [0.29, 0.717) is 18.5 Å². The summed E-state index contributed by atoms with van der Waals surface area (Å²) in [6, 6.07) is 16.6. The maximum Gasteiger partial charge on any atom is 0.258 e. The van der Waals surface area contributed by atoms with Gasteiger partial charge in [0.05, 0.1) is 0 Å². The monoisotopic (exact) mass is 397 g/mol. The molecule has 2 aromatic carbocycles. The molecular formula is C22H27N3O2S. The van der Waals surface area contributed by atoms with Gasteiger partial charge in [0, 0.05) is 29.9 Å². The van der Waals surface area contributed by atoms with Crippen LogP contribution in [-0.2, 0) is 4.79 Å². The predicted molar refractivity (Wildman–Crippen MR) is 119 cm³/mol. The molecule has 2 rings (SSSR count). The SMILES string of the molecule is CCCCCC(=O)NC(=S)Nc1ccc(C(=O)N(CC)c2ccccc2)cc1. The number of carbonyl (C=O) groups is 2.